The lowest BCUT2D eigenvalue weighted by atomic mass is 10.0. The largest absolute Gasteiger partial charge is 0.497 e. The second-order valence-corrected chi connectivity index (χ2v) is 5.76. The number of ketones is 1. The first-order valence-corrected chi connectivity index (χ1v) is 8.19. The van der Waals surface area contributed by atoms with Gasteiger partial charge in [-0.3, -0.25) is 9.59 Å². The van der Waals surface area contributed by atoms with E-state index < -0.39 is 17.6 Å². The summed E-state index contributed by atoms with van der Waals surface area (Å²) in [6.45, 7) is 1.91. The molecule has 0 aliphatic rings. The molecule has 0 fully saturated rings. The van der Waals surface area contributed by atoms with Gasteiger partial charge in [0.2, 0.25) is 5.91 Å². The van der Waals surface area contributed by atoms with Crippen LogP contribution in [0.4, 0.5) is 5.69 Å². The number of ether oxygens (including phenoxy) is 2. The predicted molar refractivity (Wildman–Crippen MR) is 102 cm³/mol. The van der Waals surface area contributed by atoms with Crippen LogP contribution in [0.25, 0.3) is 6.08 Å². The Labute approximate surface area is 158 Å². The minimum atomic E-state index is -1.46. The van der Waals surface area contributed by atoms with Crippen molar-refractivity contribution >= 4 is 23.5 Å². The maximum absolute atomic E-state index is 12.4. The number of aryl methyl sites for hydroxylation is 1. The zero-order valence-corrected chi connectivity index (χ0v) is 15.4. The summed E-state index contributed by atoms with van der Waals surface area (Å²) in [5, 5.41) is 11.8. The molecule has 1 atom stereocenters. The van der Waals surface area contributed by atoms with E-state index in [4.69, 9.17) is 9.47 Å². The van der Waals surface area contributed by atoms with E-state index in [2.05, 4.69) is 5.32 Å². The number of rotatable bonds is 7. The molecule has 6 heteroatoms. The average molecular weight is 364 g/mol. The van der Waals surface area contributed by atoms with Crippen LogP contribution in [0.5, 0.6) is 11.5 Å². The summed E-state index contributed by atoms with van der Waals surface area (Å²) in [6, 6.07) is 13.9. The Balaban J connectivity index is 2.14. The van der Waals surface area contributed by atoms with E-state index in [1.165, 1.54) is 26.4 Å². The molecule has 138 valence electrons. The molecule has 6 nitrogen and oxygen atoms in total. The second kappa shape index (κ2) is 9.20. The Morgan fingerprint density at radius 1 is 1.15 bits per heavy atom. The molecule has 0 heterocycles. The van der Waals surface area contributed by atoms with Crippen molar-refractivity contribution < 1.29 is 19.1 Å². The molecule has 1 amide bonds. The van der Waals surface area contributed by atoms with Crippen LogP contribution in [-0.2, 0) is 9.59 Å². The highest BCUT2D eigenvalue weighted by molar-refractivity contribution is 6.14. The first-order valence-electron chi connectivity index (χ1n) is 8.19. The highest BCUT2D eigenvalue weighted by Gasteiger charge is 2.24. The van der Waals surface area contributed by atoms with Gasteiger partial charge in [-0.2, -0.15) is 5.26 Å². The van der Waals surface area contributed by atoms with Crippen LogP contribution >= 0.6 is 0 Å². The van der Waals surface area contributed by atoms with Crippen LogP contribution in [0.15, 0.2) is 48.5 Å². The first kappa shape index (κ1) is 19.7. The first-order chi connectivity index (χ1) is 13.0. The minimum Gasteiger partial charge on any atom is -0.497 e. The number of anilines is 1. The van der Waals surface area contributed by atoms with Gasteiger partial charge in [-0.15, -0.1) is 0 Å². The van der Waals surface area contributed by atoms with Crippen molar-refractivity contribution in [2.24, 2.45) is 5.92 Å². The number of carbonyl (C=O) groups excluding carboxylic acids is 2. The van der Waals surface area contributed by atoms with Gasteiger partial charge in [0.15, 0.2) is 11.7 Å². The van der Waals surface area contributed by atoms with Gasteiger partial charge in [-0.1, -0.05) is 17.7 Å². The maximum Gasteiger partial charge on any atom is 0.249 e. The normalized spacial score (nSPS) is 11.5. The number of nitriles is 1. The number of benzene rings is 2. The molecule has 27 heavy (non-hydrogen) atoms. The minimum absolute atomic E-state index is 0.441. The fraction of sp³-hybridized carbons (Fsp3) is 0.190. The number of hydrogen-bond acceptors (Lipinski definition) is 5. The Kier molecular flexibility index (Phi) is 6.73. The molecule has 0 aromatic heterocycles. The summed E-state index contributed by atoms with van der Waals surface area (Å²) in [7, 11) is 3.04. The fourth-order valence-corrected chi connectivity index (χ4v) is 2.42. The molecule has 1 unspecified atom stereocenters. The summed E-state index contributed by atoms with van der Waals surface area (Å²) in [6.07, 6.45) is 2.76. The number of carbonyl (C=O) groups is 2. The van der Waals surface area contributed by atoms with Crippen LogP contribution in [0.2, 0.25) is 0 Å². The summed E-state index contributed by atoms with van der Waals surface area (Å²) in [5.74, 6) is -1.61. The van der Waals surface area contributed by atoms with E-state index in [9.17, 15) is 14.9 Å². The second-order valence-electron chi connectivity index (χ2n) is 5.76. The molecular formula is C21H20N2O4. The van der Waals surface area contributed by atoms with Crippen molar-refractivity contribution in [3.63, 3.8) is 0 Å². The van der Waals surface area contributed by atoms with E-state index in [-0.39, 0.29) is 0 Å². The fourth-order valence-electron chi connectivity index (χ4n) is 2.42. The van der Waals surface area contributed by atoms with E-state index in [1.807, 2.05) is 19.1 Å². The van der Waals surface area contributed by atoms with Crippen molar-refractivity contribution in [3.05, 3.63) is 59.7 Å². The molecule has 0 aliphatic carbocycles. The van der Waals surface area contributed by atoms with Gasteiger partial charge >= 0.3 is 0 Å². The van der Waals surface area contributed by atoms with Crippen LogP contribution in [-0.4, -0.2) is 25.9 Å². The monoisotopic (exact) mass is 364 g/mol. The number of nitrogens with zero attached hydrogens (tertiary/aromatic N) is 1. The number of nitrogens with one attached hydrogen (secondary N) is 1. The quantitative estimate of drug-likeness (QED) is 0.601. The molecule has 0 saturated heterocycles. The van der Waals surface area contributed by atoms with Gasteiger partial charge in [-0.25, -0.2) is 0 Å². The van der Waals surface area contributed by atoms with Crippen LogP contribution in [0.3, 0.4) is 0 Å². The molecule has 2 rings (SSSR count). The molecule has 2 aromatic carbocycles. The Bertz CT molecular complexity index is 913. The van der Waals surface area contributed by atoms with E-state index in [0.29, 0.717) is 22.7 Å². The number of hydrogen-bond donors (Lipinski definition) is 1. The molecule has 2 aromatic rings. The zero-order valence-electron chi connectivity index (χ0n) is 15.4. The highest BCUT2D eigenvalue weighted by atomic mass is 16.5. The summed E-state index contributed by atoms with van der Waals surface area (Å²) in [5.41, 5.74) is 2.13. The smallest absolute Gasteiger partial charge is 0.249 e. The maximum atomic E-state index is 12.4. The third-order valence-corrected chi connectivity index (χ3v) is 3.83. The molecule has 0 radical (unpaired) electrons. The van der Waals surface area contributed by atoms with Crippen molar-refractivity contribution in [3.8, 4) is 17.6 Å². The number of amides is 1. The van der Waals surface area contributed by atoms with Crippen molar-refractivity contribution in [1.29, 1.82) is 5.26 Å². The van der Waals surface area contributed by atoms with E-state index in [0.717, 1.165) is 5.56 Å². The predicted octanol–water partition coefficient (Wildman–Crippen LogP) is 3.37. The van der Waals surface area contributed by atoms with Crippen molar-refractivity contribution in [2.45, 2.75) is 6.92 Å². The summed E-state index contributed by atoms with van der Waals surface area (Å²) in [4.78, 5) is 24.7. The Morgan fingerprint density at radius 3 is 2.59 bits per heavy atom. The summed E-state index contributed by atoms with van der Waals surface area (Å²) >= 11 is 0. The lowest BCUT2D eigenvalue weighted by Gasteiger charge is -2.09. The van der Waals surface area contributed by atoms with Gasteiger partial charge in [-0.05, 0) is 43.3 Å². The van der Waals surface area contributed by atoms with Gasteiger partial charge in [0.25, 0.3) is 0 Å². The Hall–Kier alpha value is -3.59. The number of allylic oxidation sites excluding steroid dienone is 1. The molecule has 0 bridgehead atoms. The molecule has 0 aliphatic heterocycles. The third-order valence-electron chi connectivity index (χ3n) is 3.83. The molecule has 0 spiro atoms. The average Bonchev–Trinajstić information content (AvgIpc) is 2.67. The topological polar surface area (TPSA) is 88.4 Å². The standard InChI is InChI=1S/C21H20N2O4/c1-14-7-10-20(27-3)15(11-14)8-9-19(24)18(13-22)21(25)23-16-5-4-6-17(12-16)26-2/h4-12,18H,1-3H3,(H,23,25)/b9-8+. The lowest BCUT2D eigenvalue weighted by molar-refractivity contribution is -0.126. The highest BCUT2D eigenvalue weighted by Crippen LogP contribution is 2.22. The zero-order chi connectivity index (χ0) is 19.8. The summed E-state index contributed by atoms with van der Waals surface area (Å²) < 4.78 is 10.3. The SMILES string of the molecule is COc1cccc(NC(=O)C(C#N)C(=O)/C=C/c2cc(C)ccc2OC)c1. The van der Waals surface area contributed by atoms with Crippen molar-refractivity contribution in [1.82, 2.24) is 0 Å². The van der Waals surface area contributed by atoms with Gasteiger partial charge in [0, 0.05) is 17.3 Å². The van der Waals surface area contributed by atoms with Gasteiger partial charge in [0.1, 0.15) is 11.5 Å². The van der Waals surface area contributed by atoms with Gasteiger partial charge in [0.05, 0.1) is 20.3 Å². The van der Waals surface area contributed by atoms with Crippen LogP contribution < -0.4 is 14.8 Å². The molecule has 1 N–H and O–H groups in total. The molecule has 0 saturated carbocycles. The van der Waals surface area contributed by atoms with Crippen molar-refractivity contribution in [2.75, 3.05) is 19.5 Å². The van der Waals surface area contributed by atoms with Gasteiger partial charge < -0.3 is 14.8 Å². The Morgan fingerprint density at radius 2 is 1.93 bits per heavy atom. The van der Waals surface area contributed by atoms with Crippen LogP contribution in [0.1, 0.15) is 11.1 Å². The van der Waals surface area contributed by atoms with E-state index in [1.54, 1.807) is 36.4 Å². The number of methoxy groups -OCH3 is 2. The van der Waals surface area contributed by atoms with E-state index >= 15 is 0 Å². The van der Waals surface area contributed by atoms with Crippen LogP contribution in [0, 0.1) is 24.2 Å². The lowest BCUT2D eigenvalue weighted by Crippen LogP contribution is -2.27. The molecular weight excluding hydrogens is 344 g/mol. The third kappa shape index (κ3) is 5.19.